The fourth-order valence-electron chi connectivity index (χ4n) is 7.36. The van der Waals surface area contributed by atoms with Crippen LogP contribution in [0.4, 0.5) is 17.6 Å². The highest BCUT2D eigenvalue weighted by molar-refractivity contribution is 5.57. The number of alkyl halides is 3. The van der Waals surface area contributed by atoms with Crippen LogP contribution in [-0.4, -0.2) is 19.3 Å². The molecule has 3 aliphatic rings. The average Bonchev–Trinajstić information content (AvgIpc) is 2.89. The van der Waals surface area contributed by atoms with E-state index in [0.717, 1.165) is 56.0 Å². The highest BCUT2D eigenvalue weighted by Gasteiger charge is 2.38. The minimum Gasteiger partial charge on any atom is -0.491 e. The van der Waals surface area contributed by atoms with Gasteiger partial charge in [-0.3, -0.25) is 0 Å². The molecule has 0 N–H and O–H groups in total. The first-order chi connectivity index (χ1) is 17.8. The second-order valence-electron chi connectivity index (χ2n) is 11.5. The third kappa shape index (κ3) is 7.30. The van der Waals surface area contributed by atoms with Gasteiger partial charge in [-0.05, 0) is 132 Å². The minimum absolute atomic E-state index is 0.115. The van der Waals surface area contributed by atoms with Gasteiger partial charge in [0.15, 0.2) is 11.6 Å². The molecule has 0 unspecified atom stereocenters. The zero-order chi connectivity index (χ0) is 26.4. The molecule has 2 nitrogen and oxygen atoms in total. The molecular formula is C31H44F4O2. The van der Waals surface area contributed by atoms with Crippen LogP contribution < -0.4 is 4.74 Å². The summed E-state index contributed by atoms with van der Waals surface area (Å²) in [6.07, 6.45) is 13.8. The molecule has 0 radical (unpaired) electrons. The van der Waals surface area contributed by atoms with Crippen molar-refractivity contribution >= 4 is 6.08 Å². The van der Waals surface area contributed by atoms with E-state index in [-0.39, 0.29) is 23.8 Å². The molecule has 6 heteroatoms. The molecular weight excluding hydrogens is 480 g/mol. The normalized spacial score (nSPS) is 31.5. The van der Waals surface area contributed by atoms with Crippen LogP contribution in [0.25, 0.3) is 6.08 Å². The Hall–Kier alpha value is -1.56. The molecule has 208 valence electrons. The fraction of sp³-hybridized carbons (Fsp3) is 0.742. The highest BCUT2D eigenvalue weighted by atomic mass is 19.4. The summed E-state index contributed by atoms with van der Waals surface area (Å²) in [7, 11) is 0. The Kier molecular flexibility index (Phi) is 9.99. The Labute approximate surface area is 220 Å². The van der Waals surface area contributed by atoms with Gasteiger partial charge in [-0.15, -0.1) is 0 Å². The van der Waals surface area contributed by atoms with Crippen molar-refractivity contribution in [2.45, 2.75) is 103 Å². The van der Waals surface area contributed by atoms with Crippen molar-refractivity contribution in [1.29, 1.82) is 0 Å². The first-order valence-electron chi connectivity index (χ1n) is 14.6. The number of allylic oxidation sites excluding steroid dienone is 1. The third-order valence-corrected chi connectivity index (χ3v) is 9.36. The van der Waals surface area contributed by atoms with E-state index in [0.29, 0.717) is 6.10 Å². The van der Waals surface area contributed by atoms with Crippen molar-refractivity contribution in [2.24, 2.45) is 29.6 Å². The smallest absolute Gasteiger partial charge is 0.419 e. The van der Waals surface area contributed by atoms with E-state index >= 15 is 0 Å². The molecule has 0 aromatic heterocycles. The Morgan fingerprint density at radius 1 is 0.757 bits per heavy atom. The van der Waals surface area contributed by atoms with E-state index in [1.54, 1.807) is 6.92 Å². The number of hydrogen-bond acceptors (Lipinski definition) is 2. The molecule has 3 fully saturated rings. The zero-order valence-corrected chi connectivity index (χ0v) is 22.5. The molecule has 1 aromatic carbocycles. The van der Waals surface area contributed by atoms with Crippen LogP contribution in [0.3, 0.4) is 0 Å². The van der Waals surface area contributed by atoms with Crippen LogP contribution in [0.15, 0.2) is 18.2 Å². The van der Waals surface area contributed by atoms with Gasteiger partial charge in [-0.1, -0.05) is 18.2 Å². The van der Waals surface area contributed by atoms with Crippen molar-refractivity contribution in [3.8, 4) is 5.75 Å². The van der Waals surface area contributed by atoms with Gasteiger partial charge in [0.05, 0.1) is 12.7 Å². The summed E-state index contributed by atoms with van der Waals surface area (Å²) in [5.74, 6) is 1.90. The summed E-state index contributed by atoms with van der Waals surface area (Å²) >= 11 is 0. The first kappa shape index (κ1) is 28.4. The predicted octanol–water partition coefficient (Wildman–Crippen LogP) is 9.46. The van der Waals surface area contributed by atoms with Crippen molar-refractivity contribution in [2.75, 3.05) is 13.2 Å². The molecule has 3 saturated carbocycles. The van der Waals surface area contributed by atoms with Crippen LogP contribution in [0.5, 0.6) is 5.75 Å². The Balaban J connectivity index is 1.26. The van der Waals surface area contributed by atoms with Crippen LogP contribution in [0.1, 0.15) is 102 Å². The number of halogens is 4. The molecule has 0 spiro atoms. The summed E-state index contributed by atoms with van der Waals surface area (Å²) in [4.78, 5) is 0. The second-order valence-corrected chi connectivity index (χ2v) is 11.5. The van der Waals surface area contributed by atoms with Gasteiger partial charge >= 0.3 is 6.18 Å². The lowest BCUT2D eigenvalue weighted by Gasteiger charge is -2.41. The largest absolute Gasteiger partial charge is 0.491 e. The van der Waals surface area contributed by atoms with E-state index in [9.17, 15) is 17.6 Å². The zero-order valence-electron chi connectivity index (χ0n) is 22.5. The summed E-state index contributed by atoms with van der Waals surface area (Å²) in [5, 5.41) is 0. The van der Waals surface area contributed by atoms with Crippen LogP contribution >= 0.6 is 0 Å². The van der Waals surface area contributed by atoms with Gasteiger partial charge in [0.25, 0.3) is 0 Å². The van der Waals surface area contributed by atoms with Crippen LogP contribution in [0, 0.1) is 35.4 Å². The molecule has 1 aromatic rings. The molecule has 0 heterocycles. The highest BCUT2D eigenvalue weighted by Crippen LogP contribution is 2.46. The van der Waals surface area contributed by atoms with E-state index < -0.39 is 17.6 Å². The second kappa shape index (κ2) is 13.0. The molecule has 4 rings (SSSR count). The lowest BCUT2D eigenvalue weighted by molar-refractivity contribution is -0.140. The van der Waals surface area contributed by atoms with Gasteiger partial charge in [0.1, 0.15) is 5.56 Å². The van der Waals surface area contributed by atoms with Crippen molar-refractivity contribution in [3.05, 3.63) is 35.2 Å². The van der Waals surface area contributed by atoms with Gasteiger partial charge in [0, 0.05) is 6.61 Å². The molecule has 0 aliphatic heterocycles. The topological polar surface area (TPSA) is 18.5 Å². The molecule has 0 saturated heterocycles. The van der Waals surface area contributed by atoms with Crippen molar-refractivity contribution in [3.63, 3.8) is 0 Å². The summed E-state index contributed by atoms with van der Waals surface area (Å²) in [5.41, 5.74) is -1.35. The summed E-state index contributed by atoms with van der Waals surface area (Å²) in [6.45, 7) is 4.65. The lowest BCUT2D eigenvalue weighted by atomic mass is 9.65. The maximum Gasteiger partial charge on any atom is 0.419 e. The first-order valence-corrected chi connectivity index (χ1v) is 14.6. The van der Waals surface area contributed by atoms with Gasteiger partial charge in [-0.25, -0.2) is 4.39 Å². The number of benzene rings is 1. The molecule has 0 amide bonds. The predicted molar refractivity (Wildman–Crippen MR) is 140 cm³/mol. The third-order valence-electron chi connectivity index (χ3n) is 9.36. The standard InChI is InChI=1S/C31H44F4O2/c1-3-36-27-18-15-25(16-19-27)24-13-11-23(12-14-24)22-8-5-21(6-9-22)7-10-26-17-20-28(37-4-2)30(32)29(26)31(33,34)35/h7,10,17,20-25,27H,3-6,8-9,11-16,18-19H2,1-2H3/b10-7+. The Morgan fingerprint density at radius 2 is 1.27 bits per heavy atom. The minimum atomic E-state index is -4.77. The Bertz CT molecular complexity index is 872. The van der Waals surface area contributed by atoms with Crippen LogP contribution in [0.2, 0.25) is 0 Å². The molecule has 37 heavy (non-hydrogen) atoms. The summed E-state index contributed by atoms with van der Waals surface area (Å²) in [6, 6.07) is 2.62. The van der Waals surface area contributed by atoms with E-state index in [1.807, 2.05) is 6.08 Å². The Morgan fingerprint density at radius 3 is 1.76 bits per heavy atom. The van der Waals surface area contributed by atoms with Gasteiger partial charge in [-0.2, -0.15) is 13.2 Å². The van der Waals surface area contributed by atoms with E-state index in [1.165, 1.54) is 69.6 Å². The van der Waals surface area contributed by atoms with Crippen molar-refractivity contribution in [1.82, 2.24) is 0 Å². The number of hydrogen-bond donors (Lipinski definition) is 0. The molecule has 3 aliphatic carbocycles. The molecule has 0 bridgehead atoms. The maximum atomic E-state index is 14.5. The average molecular weight is 525 g/mol. The number of rotatable bonds is 8. The van der Waals surface area contributed by atoms with Crippen LogP contribution in [-0.2, 0) is 10.9 Å². The van der Waals surface area contributed by atoms with Gasteiger partial charge in [0.2, 0.25) is 0 Å². The van der Waals surface area contributed by atoms with E-state index in [4.69, 9.17) is 9.47 Å². The van der Waals surface area contributed by atoms with Gasteiger partial charge < -0.3 is 9.47 Å². The van der Waals surface area contributed by atoms with Crippen molar-refractivity contribution < 1.29 is 27.0 Å². The summed E-state index contributed by atoms with van der Waals surface area (Å²) < 4.78 is 66.3. The van der Waals surface area contributed by atoms with E-state index in [2.05, 4.69) is 6.92 Å². The SMILES string of the molecule is CCOc1ccc(/C=C/C2CCC(C3CCC(C4CCC(OCC)CC4)CC3)CC2)c(C(F)(F)F)c1F. The fourth-order valence-corrected chi connectivity index (χ4v) is 7.36. The maximum absolute atomic E-state index is 14.5. The lowest BCUT2D eigenvalue weighted by Crippen LogP contribution is -2.31. The monoisotopic (exact) mass is 524 g/mol. The molecule has 0 atom stereocenters. The number of ether oxygens (including phenoxy) is 2. The quantitative estimate of drug-likeness (QED) is 0.315.